The Bertz CT molecular complexity index is 804. The van der Waals surface area contributed by atoms with Crippen molar-refractivity contribution < 1.29 is 9.47 Å². The molecule has 0 saturated carbocycles. The summed E-state index contributed by atoms with van der Waals surface area (Å²) in [6, 6.07) is 9.89. The number of ether oxygens (including phenoxy) is 2. The second-order valence-corrected chi connectivity index (χ2v) is 5.81. The number of aryl methyl sites for hydroxylation is 1. The number of hydrogen-bond acceptors (Lipinski definition) is 6. The molecule has 0 aliphatic carbocycles. The molecule has 3 aromatic rings. The van der Waals surface area contributed by atoms with Gasteiger partial charge in [-0.1, -0.05) is 6.07 Å². The predicted octanol–water partition coefficient (Wildman–Crippen LogP) is 4.27. The lowest BCUT2D eigenvalue weighted by molar-refractivity contribution is 0.355. The lowest BCUT2D eigenvalue weighted by Gasteiger charge is -2.11. The Labute approximate surface area is 138 Å². The molecule has 2 heterocycles. The number of anilines is 2. The Hall–Kier alpha value is -2.60. The lowest BCUT2D eigenvalue weighted by Crippen LogP contribution is -1.96. The minimum Gasteiger partial charge on any atom is -0.493 e. The Morgan fingerprint density at radius 2 is 1.83 bits per heavy atom. The maximum atomic E-state index is 5.38. The van der Waals surface area contributed by atoms with Gasteiger partial charge in [0.2, 0.25) is 0 Å². The van der Waals surface area contributed by atoms with Crippen molar-refractivity contribution in [1.29, 1.82) is 0 Å². The highest BCUT2D eigenvalue weighted by Gasteiger charge is 2.09. The molecular weight excluding hydrogens is 310 g/mol. The van der Waals surface area contributed by atoms with Crippen LogP contribution in [-0.2, 0) is 0 Å². The summed E-state index contributed by atoms with van der Waals surface area (Å²) in [5, 5.41) is 5.97. The maximum absolute atomic E-state index is 5.38. The summed E-state index contributed by atoms with van der Waals surface area (Å²) >= 11 is 1.54. The molecule has 6 heteroatoms. The predicted molar refractivity (Wildman–Crippen MR) is 92.9 cm³/mol. The molecule has 1 aromatic carbocycles. The van der Waals surface area contributed by atoms with Gasteiger partial charge in [0.05, 0.1) is 14.2 Å². The topological polar surface area (TPSA) is 56.3 Å². The highest BCUT2D eigenvalue weighted by Crippen LogP contribution is 2.33. The van der Waals surface area contributed by atoms with E-state index in [-0.39, 0.29) is 0 Å². The van der Waals surface area contributed by atoms with E-state index in [1.165, 1.54) is 11.3 Å². The van der Waals surface area contributed by atoms with Crippen molar-refractivity contribution in [2.24, 2.45) is 0 Å². The number of benzene rings is 1. The first-order valence-electron chi connectivity index (χ1n) is 7.07. The second-order valence-electron chi connectivity index (χ2n) is 4.91. The molecule has 0 unspecified atom stereocenters. The van der Waals surface area contributed by atoms with Crippen molar-refractivity contribution in [2.75, 3.05) is 19.5 Å². The van der Waals surface area contributed by atoms with Crippen LogP contribution in [0.2, 0.25) is 0 Å². The zero-order valence-electron chi connectivity index (χ0n) is 13.2. The van der Waals surface area contributed by atoms with Crippen molar-refractivity contribution >= 4 is 22.3 Å². The molecule has 0 amide bonds. The van der Waals surface area contributed by atoms with Gasteiger partial charge >= 0.3 is 0 Å². The minimum absolute atomic E-state index is 0.703. The van der Waals surface area contributed by atoms with Crippen LogP contribution in [0.15, 0.2) is 41.9 Å². The van der Waals surface area contributed by atoms with E-state index in [4.69, 9.17) is 9.47 Å². The molecular formula is C17H17N3O2S. The Kier molecular flexibility index (Phi) is 4.43. The number of aromatic nitrogens is 2. The van der Waals surface area contributed by atoms with Gasteiger partial charge in [-0.3, -0.25) is 0 Å². The van der Waals surface area contributed by atoms with E-state index in [0.29, 0.717) is 11.5 Å². The van der Waals surface area contributed by atoms with Crippen molar-refractivity contribution in [1.82, 2.24) is 9.97 Å². The molecule has 1 N–H and O–H groups in total. The Morgan fingerprint density at radius 1 is 1.00 bits per heavy atom. The number of nitrogens with one attached hydrogen (secondary N) is 1. The van der Waals surface area contributed by atoms with Crippen molar-refractivity contribution in [2.45, 2.75) is 6.92 Å². The lowest BCUT2D eigenvalue weighted by atomic mass is 10.1. The SMILES string of the molecule is COc1ccc(-c2cc(C)nc(Nc3nccs3)c2)cc1OC. The fourth-order valence-electron chi connectivity index (χ4n) is 2.31. The first-order chi connectivity index (χ1) is 11.2. The van der Waals surface area contributed by atoms with Crippen LogP contribution in [0.3, 0.4) is 0 Å². The van der Waals surface area contributed by atoms with E-state index >= 15 is 0 Å². The molecule has 0 atom stereocenters. The van der Waals surface area contributed by atoms with Crippen molar-refractivity contribution in [3.8, 4) is 22.6 Å². The summed E-state index contributed by atoms with van der Waals surface area (Å²) in [6.45, 7) is 1.97. The second kappa shape index (κ2) is 6.66. The van der Waals surface area contributed by atoms with Crippen LogP contribution < -0.4 is 14.8 Å². The maximum Gasteiger partial charge on any atom is 0.188 e. The molecule has 118 valence electrons. The van der Waals surface area contributed by atoms with Crippen LogP contribution in [0.4, 0.5) is 10.9 Å². The quantitative estimate of drug-likeness (QED) is 0.758. The first kappa shape index (κ1) is 15.3. The smallest absolute Gasteiger partial charge is 0.188 e. The van der Waals surface area contributed by atoms with Crippen molar-refractivity contribution in [3.05, 3.63) is 47.6 Å². The molecule has 0 saturated heterocycles. The number of hydrogen-bond donors (Lipinski definition) is 1. The van der Waals surface area contributed by atoms with Gasteiger partial charge in [-0.25, -0.2) is 9.97 Å². The molecule has 23 heavy (non-hydrogen) atoms. The summed E-state index contributed by atoms with van der Waals surface area (Å²) < 4.78 is 10.7. The fourth-order valence-corrected chi connectivity index (χ4v) is 2.85. The Balaban J connectivity index is 1.97. The molecule has 5 nitrogen and oxygen atoms in total. The third-order valence-electron chi connectivity index (χ3n) is 3.34. The zero-order chi connectivity index (χ0) is 16.2. The van der Waals surface area contributed by atoms with E-state index in [2.05, 4.69) is 15.3 Å². The third-order valence-corrected chi connectivity index (χ3v) is 4.03. The van der Waals surface area contributed by atoms with Gasteiger partial charge in [0, 0.05) is 17.3 Å². The molecule has 0 spiro atoms. The van der Waals surface area contributed by atoms with E-state index in [0.717, 1.165) is 27.8 Å². The molecule has 0 radical (unpaired) electrons. The fraction of sp³-hybridized carbons (Fsp3) is 0.176. The number of nitrogens with zero attached hydrogens (tertiary/aromatic N) is 2. The molecule has 0 aliphatic heterocycles. The summed E-state index contributed by atoms with van der Waals surface area (Å²) in [5.74, 6) is 2.18. The highest BCUT2D eigenvalue weighted by atomic mass is 32.1. The number of methoxy groups -OCH3 is 2. The molecule has 3 rings (SSSR count). The normalized spacial score (nSPS) is 10.4. The highest BCUT2D eigenvalue weighted by molar-refractivity contribution is 7.13. The number of pyridine rings is 1. The minimum atomic E-state index is 0.703. The van der Waals surface area contributed by atoms with E-state index in [9.17, 15) is 0 Å². The Morgan fingerprint density at radius 3 is 2.52 bits per heavy atom. The summed E-state index contributed by atoms with van der Waals surface area (Å²) in [7, 11) is 3.26. The van der Waals surface area contributed by atoms with Gasteiger partial charge in [0.1, 0.15) is 5.82 Å². The van der Waals surface area contributed by atoms with Gasteiger partial charge in [-0.15, -0.1) is 11.3 Å². The molecule has 0 bridgehead atoms. The largest absolute Gasteiger partial charge is 0.493 e. The molecule has 0 aliphatic rings. The van der Waals surface area contributed by atoms with Crippen LogP contribution in [0, 0.1) is 6.92 Å². The average molecular weight is 327 g/mol. The standard InChI is InChI=1S/C17H17N3O2S/c1-11-8-13(10-16(19-11)20-17-18-6-7-23-17)12-4-5-14(21-2)15(9-12)22-3/h4-10H,1-3H3,(H,18,19,20). The monoisotopic (exact) mass is 327 g/mol. The van der Waals surface area contributed by atoms with Crippen molar-refractivity contribution in [3.63, 3.8) is 0 Å². The summed E-state index contributed by atoms with van der Waals surface area (Å²) in [4.78, 5) is 8.73. The van der Waals surface area contributed by atoms with Gasteiger partial charge < -0.3 is 14.8 Å². The summed E-state index contributed by atoms with van der Waals surface area (Å²) in [6.07, 6.45) is 1.76. The van der Waals surface area contributed by atoms with E-state index in [1.54, 1.807) is 20.4 Å². The number of thiazole rings is 1. The van der Waals surface area contributed by atoms with Crippen LogP contribution in [0.5, 0.6) is 11.5 Å². The van der Waals surface area contributed by atoms with Gasteiger partial charge in [0.15, 0.2) is 16.6 Å². The van der Waals surface area contributed by atoms with Crippen LogP contribution in [-0.4, -0.2) is 24.2 Å². The number of rotatable bonds is 5. The molecule has 2 aromatic heterocycles. The van der Waals surface area contributed by atoms with Crippen LogP contribution in [0.1, 0.15) is 5.69 Å². The van der Waals surface area contributed by atoms with Gasteiger partial charge in [-0.05, 0) is 42.3 Å². The first-order valence-corrected chi connectivity index (χ1v) is 7.95. The summed E-state index contributed by atoms with van der Waals surface area (Å²) in [5.41, 5.74) is 3.02. The van der Waals surface area contributed by atoms with E-state index < -0.39 is 0 Å². The van der Waals surface area contributed by atoms with Gasteiger partial charge in [-0.2, -0.15) is 0 Å². The zero-order valence-corrected chi connectivity index (χ0v) is 14.0. The van der Waals surface area contributed by atoms with Crippen LogP contribution in [0.25, 0.3) is 11.1 Å². The van der Waals surface area contributed by atoms with E-state index in [1.807, 2.05) is 42.6 Å². The molecule has 0 fully saturated rings. The average Bonchev–Trinajstić information content (AvgIpc) is 3.06. The third kappa shape index (κ3) is 3.43. The van der Waals surface area contributed by atoms with Crippen LogP contribution >= 0.6 is 11.3 Å². The van der Waals surface area contributed by atoms with Gasteiger partial charge in [0.25, 0.3) is 0 Å².